The largest absolute Gasteiger partial charge is 0.356 e. The normalized spacial score (nSPS) is 12.4. The molecule has 1 amide bonds. The van der Waals surface area contributed by atoms with Crippen LogP contribution in [0, 0.1) is 10.8 Å². The van der Waals surface area contributed by atoms with Gasteiger partial charge in [-0.15, -0.1) is 0 Å². The predicted octanol–water partition coefficient (Wildman–Crippen LogP) is 2.54. The van der Waals surface area contributed by atoms with E-state index in [2.05, 4.69) is 5.32 Å². The van der Waals surface area contributed by atoms with Crippen molar-refractivity contribution in [3.63, 3.8) is 0 Å². The van der Waals surface area contributed by atoms with Gasteiger partial charge in [-0.25, -0.2) is 0 Å². The molecule has 0 saturated heterocycles. The quantitative estimate of drug-likeness (QED) is 0.784. The van der Waals surface area contributed by atoms with Gasteiger partial charge in [0.1, 0.15) is 5.78 Å². The Bertz CT molecular complexity index is 262. The number of hydrogen-bond acceptors (Lipinski definition) is 2. The van der Waals surface area contributed by atoms with Gasteiger partial charge in [-0.3, -0.25) is 9.59 Å². The summed E-state index contributed by atoms with van der Waals surface area (Å²) in [4.78, 5) is 23.5. The van der Waals surface area contributed by atoms with E-state index in [-0.39, 0.29) is 17.1 Å². The van der Waals surface area contributed by atoms with Gasteiger partial charge in [-0.05, 0) is 13.3 Å². The van der Waals surface area contributed by atoms with Crippen molar-refractivity contribution >= 4 is 11.7 Å². The Morgan fingerprint density at radius 1 is 1.06 bits per heavy atom. The minimum atomic E-state index is -0.461. The van der Waals surface area contributed by atoms with Crippen molar-refractivity contribution in [2.24, 2.45) is 10.8 Å². The monoisotopic (exact) mass is 227 g/mol. The molecule has 1 N–H and O–H groups in total. The Balaban J connectivity index is 4.29. The maximum Gasteiger partial charge on any atom is 0.225 e. The second kappa shape index (κ2) is 5.46. The lowest BCUT2D eigenvalue weighted by Gasteiger charge is -2.25. The van der Waals surface area contributed by atoms with Crippen LogP contribution in [0.1, 0.15) is 54.4 Å². The molecule has 0 saturated carbocycles. The molecular weight excluding hydrogens is 202 g/mol. The highest BCUT2D eigenvalue weighted by atomic mass is 16.2. The number of carbonyl (C=O) groups excluding carboxylic acids is 2. The number of hydrogen-bond donors (Lipinski definition) is 1. The van der Waals surface area contributed by atoms with E-state index in [9.17, 15) is 9.59 Å². The summed E-state index contributed by atoms with van der Waals surface area (Å²) < 4.78 is 0. The van der Waals surface area contributed by atoms with Crippen LogP contribution in [0.3, 0.4) is 0 Å². The van der Waals surface area contributed by atoms with Crippen LogP contribution in [0.15, 0.2) is 0 Å². The van der Waals surface area contributed by atoms with Gasteiger partial charge in [0, 0.05) is 23.8 Å². The second-order valence-electron chi connectivity index (χ2n) is 5.92. The molecule has 0 aromatic carbocycles. The molecule has 3 heteroatoms. The first-order valence-corrected chi connectivity index (χ1v) is 5.93. The van der Waals surface area contributed by atoms with Crippen LogP contribution in [0.25, 0.3) is 0 Å². The zero-order valence-electron chi connectivity index (χ0n) is 11.4. The first-order valence-electron chi connectivity index (χ1n) is 5.93. The summed E-state index contributed by atoms with van der Waals surface area (Å²) in [6.45, 7) is 12.0. The second-order valence-corrected chi connectivity index (χ2v) is 5.92. The van der Waals surface area contributed by atoms with Crippen LogP contribution in [0.5, 0.6) is 0 Å². The molecule has 0 unspecified atom stereocenters. The Hall–Kier alpha value is -0.860. The van der Waals surface area contributed by atoms with E-state index in [0.717, 1.165) is 0 Å². The lowest BCUT2D eigenvalue weighted by Crippen LogP contribution is -2.37. The highest BCUT2D eigenvalue weighted by Crippen LogP contribution is 2.26. The molecular formula is C13H25NO2. The molecule has 0 aromatic rings. The van der Waals surface area contributed by atoms with Crippen molar-refractivity contribution in [2.75, 3.05) is 6.54 Å². The third-order valence-corrected chi connectivity index (χ3v) is 2.77. The van der Waals surface area contributed by atoms with E-state index in [0.29, 0.717) is 19.4 Å². The number of carbonyl (C=O) groups is 2. The third kappa shape index (κ3) is 4.77. The average Bonchev–Trinajstić information content (AvgIpc) is 2.13. The van der Waals surface area contributed by atoms with Crippen LogP contribution < -0.4 is 5.32 Å². The smallest absolute Gasteiger partial charge is 0.225 e. The van der Waals surface area contributed by atoms with E-state index < -0.39 is 5.41 Å². The van der Waals surface area contributed by atoms with Crippen LogP contribution in [0.2, 0.25) is 0 Å². The highest BCUT2D eigenvalue weighted by molar-refractivity contribution is 5.86. The van der Waals surface area contributed by atoms with Crippen LogP contribution in [0.4, 0.5) is 0 Å². The van der Waals surface area contributed by atoms with Crippen LogP contribution in [-0.4, -0.2) is 18.2 Å². The van der Waals surface area contributed by atoms with Gasteiger partial charge < -0.3 is 5.32 Å². The van der Waals surface area contributed by atoms with E-state index in [1.807, 2.05) is 41.5 Å². The van der Waals surface area contributed by atoms with Crippen molar-refractivity contribution in [2.45, 2.75) is 54.4 Å². The van der Waals surface area contributed by atoms with Crippen molar-refractivity contribution in [1.29, 1.82) is 0 Å². The average molecular weight is 227 g/mol. The van der Waals surface area contributed by atoms with Crippen molar-refractivity contribution < 1.29 is 9.59 Å². The maximum absolute atomic E-state index is 11.8. The summed E-state index contributed by atoms with van der Waals surface area (Å²) in [7, 11) is 0. The minimum Gasteiger partial charge on any atom is -0.356 e. The fourth-order valence-corrected chi connectivity index (χ4v) is 1.31. The lowest BCUT2D eigenvalue weighted by molar-refractivity contribution is -0.131. The standard InChI is InChI=1S/C13H25NO2/c1-7-14-11(16)13(5,6)9-8-10(15)12(2,3)4/h7-9H2,1-6H3,(H,14,16). The molecule has 0 heterocycles. The molecule has 0 atom stereocenters. The summed E-state index contributed by atoms with van der Waals surface area (Å²) >= 11 is 0. The van der Waals surface area contributed by atoms with E-state index in [1.165, 1.54) is 0 Å². The van der Waals surface area contributed by atoms with Crippen molar-refractivity contribution in [1.82, 2.24) is 5.32 Å². The lowest BCUT2D eigenvalue weighted by atomic mass is 9.81. The third-order valence-electron chi connectivity index (χ3n) is 2.77. The Labute approximate surface area is 99.0 Å². The fraction of sp³-hybridized carbons (Fsp3) is 0.846. The Morgan fingerprint density at radius 2 is 1.56 bits per heavy atom. The molecule has 0 aliphatic rings. The van der Waals surface area contributed by atoms with Gasteiger partial charge in [0.25, 0.3) is 0 Å². The van der Waals surface area contributed by atoms with Gasteiger partial charge in [0.15, 0.2) is 0 Å². The summed E-state index contributed by atoms with van der Waals surface area (Å²) in [5, 5.41) is 2.80. The van der Waals surface area contributed by atoms with Crippen LogP contribution in [-0.2, 0) is 9.59 Å². The summed E-state index contributed by atoms with van der Waals surface area (Å²) in [6, 6.07) is 0. The topological polar surface area (TPSA) is 46.2 Å². The van der Waals surface area contributed by atoms with Gasteiger partial charge in [-0.2, -0.15) is 0 Å². The molecule has 16 heavy (non-hydrogen) atoms. The number of amides is 1. The molecule has 0 spiro atoms. The SMILES string of the molecule is CCNC(=O)C(C)(C)CCC(=O)C(C)(C)C. The predicted molar refractivity (Wildman–Crippen MR) is 66.2 cm³/mol. The van der Waals surface area contributed by atoms with Gasteiger partial charge in [-0.1, -0.05) is 34.6 Å². The molecule has 0 aliphatic heterocycles. The van der Waals surface area contributed by atoms with E-state index in [4.69, 9.17) is 0 Å². The maximum atomic E-state index is 11.8. The molecule has 0 fully saturated rings. The number of Topliss-reactive ketones (excluding diaryl/α,β-unsaturated/α-hetero) is 1. The van der Waals surface area contributed by atoms with Crippen LogP contribution >= 0.6 is 0 Å². The minimum absolute atomic E-state index is 0.0247. The van der Waals surface area contributed by atoms with Crippen molar-refractivity contribution in [3.05, 3.63) is 0 Å². The zero-order valence-corrected chi connectivity index (χ0v) is 11.4. The fourth-order valence-electron chi connectivity index (χ4n) is 1.31. The molecule has 0 radical (unpaired) electrons. The first-order chi connectivity index (χ1) is 7.11. The number of rotatable bonds is 5. The number of ketones is 1. The molecule has 94 valence electrons. The summed E-state index contributed by atoms with van der Waals surface area (Å²) in [5.41, 5.74) is -0.770. The molecule has 0 rings (SSSR count). The molecule has 3 nitrogen and oxygen atoms in total. The summed E-state index contributed by atoms with van der Waals surface area (Å²) in [6.07, 6.45) is 1.07. The first kappa shape index (κ1) is 15.1. The zero-order chi connectivity index (χ0) is 13.0. The molecule has 0 aliphatic carbocycles. The Morgan fingerprint density at radius 3 is 1.94 bits per heavy atom. The molecule has 0 aromatic heterocycles. The van der Waals surface area contributed by atoms with Gasteiger partial charge in [0.2, 0.25) is 5.91 Å². The van der Waals surface area contributed by atoms with E-state index >= 15 is 0 Å². The van der Waals surface area contributed by atoms with Gasteiger partial charge in [0.05, 0.1) is 0 Å². The molecule has 0 bridgehead atoms. The van der Waals surface area contributed by atoms with Gasteiger partial charge >= 0.3 is 0 Å². The Kier molecular flexibility index (Phi) is 5.17. The number of nitrogens with one attached hydrogen (secondary N) is 1. The van der Waals surface area contributed by atoms with E-state index in [1.54, 1.807) is 0 Å². The highest BCUT2D eigenvalue weighted by Gasteiger charge is 2.30. The van der Waals surface area contributed by atoms with Crippen molar-refractivity contribution in [3.8, 4) is 0 Å². The summed E-state index contributed by atoms with van der Waals surface area (Å²) in [5.74, 6) is 0.238.